The number of alkyl halides is 16. The van der Waals surface area contributed by atoms with Crippen LogP contribution in [0.1, 0.15) is 138 Å². The molecule has 9 aromatic heterocycles. The van der Waals surface area contributed by atoms with Crippen LogP contribution >= 0.6 is 15.9 Å². The van der Waals surface area contributed by atoms with Crippen molar-refractivity contribution in [3.05, 3.63) is 370 Å². The molecule has 0 bridgehead atoms. The Bertz CT molecular complexity index is 6500. The first-order chi connectivity index (χ1) is 65.1. The molecule has 0 spiro atoms. The lowest BCUT2D eigenvalue weighted by atomic mass is 10.1. The first-order valence-electron chi connectivity index (χ1n) is 39.1. The number of carboxylic acid groups (broad SMARTS) is 1. The number of esters is 1. The summed E-state index contributed by atoms with van der Waals surface area (Å²) < 4.78 is 219. The molecule has 7 aromatic carbocycles. The second-order valence-electron chi connectivity index (χ2n) is 28.2. The lowest BCUT2D eigenvalue weighted by molar-refractivity contribution is -0.138. The number of hydroxylamine groups is 2. The Labute approximate surface area is 770 Å². The second kappa shape index (κ2) is 45.8. The Morgan fingerprint density at radius 1 is 0.372 bits per heavy atom. The molecule has 9 heterocycles. The number of carboxylic acids is 1. The van der Waals surface area contributed by atoms with Crippen molar-refractivity contribution in [2.24, 2.45) is 0 Å². The van der Waals surface area contributed by atoms with E-state index in [9.17, 15) is 89.8 Å². The van der Waals surface area contributed by atoms with Crippen LogP contribution in [0.25, 0.3) is 56.3 Å². The van der Waals surface area contributed by atoms with Gasteiger partial charge < -0.3 is 37.7 Å². The maximum absolute atomic E-state index is 12.7. The van der Waals surface area contributed by atoms with Crippen molar-refractivity contribution >= 4 is 51.5 Å². The summed E-state index contributed by atoms with van der Waals surface area (Å²) in [4.78, 5) is 113. The predicted octanol–water partition coefficient (Wildman–Crippen LogP) is 19.9. The zero-order valence-electron chi connectivity index (χ0n) is 70.2. The number of nitrogens with two attached hydrogens (primary N) is 1. The molecule has 706 valence electrons. The summed E-state index contributed by atoms with van der Waals surface area (Å²) in [6.45, 7) is 2.21. The maximum Gasteiger partial charge on any atom is 0.416 e. The van der Waals surface area contributed by atoms with Crippen LogP contribution in [-0.2, 0) is 72.7 Å². The van der Waals surface area contributed by atoms with E-state index in [0.29, 0.717) is 107 Å². The number of anilines is 1. The third kappa shape index (κ3) is 30.1. The monoisotopic (exact) mass is 1970 g/mol. The molecule has 0 atom stereocenters. The number of nitrogens with one attached hydrogen (secondary N) is 2. The zero-order valence-corrected chi connectivity index (χ0v) is 71.8. The van der Waals surface area contributed by atoms with Gasteiger partial charge in [0.05, 0.1) is 72.5 Å². The van der Waals surface area contributed by atoms with E-state index < -0.39 is 82.5 Å². The molecule has 0 aliphatic heterocycles. The fraction of sp³-hybridized carbons (Fsp3) is 0.143. The quantitative estimate of drug-likeness (QED) is 0.0105. The van der Waals surface area contributed by atoms with E-state index in [1.165, 1.54) is 160 Å². The van der Waals surface area contributed by atoms with Crippen molar-refractivity contribution in [3.63, 3.8) is 0 Å². The minimum atomic E-state index is -4.40. The summed E-state index contributed by atoms with van der Waals surface area (Å²) in [7, 11) is 1.23. The molecular weight excluding hydrogens is 1910 g/mol. The number of aromatic nitrogens is 13. The summed E-state index contributed by atoms with van der Waals surface area (Å²) in [5, 5.41) is 17.6. The van der Waals surface area contributed by atoms with Crippen LogP contribution < -0.4 is 16.7 Å². The Morgan fingerprint density at radius 2 is 0.657 bits per heavy atom. The molecule has 2 amide bonds. The fourth-order valence-corrected chi connectivity index (χ4v) is 11.7. The molecular formula is C91H66BrF15N16O14. The minimum absolute atomic E-state index is 0.0186. The van der Waals surface area contributed by atoms with Gasteiger partial charge in [0.15, 0.2) is 29.3 Å². The normalized spacial score (nSPS) is 11.3. The van der Waals surface area contributed by atoms with Crippen LogP contribution in [0.2, 0.25) is 0 Å². The van der Waals surface area contributed by atoms with Crippen LogP contribution in [0.15, 0.2) is 279 Å². The van der Waals surface area contributed by atoms with Crippen molar-refractivity contribution < 1.29 is 132 Å². The lowest BCUT2D eigenvalue weighted by Crippen LogP contribution is -2.25. The molecule has 0 saturated carbocycles. The number of amides is 2. The van der Waals surface area contributed by atoms with E-state index in [-0.39, 0.29) is 67.4 Å². The van der Waals surface area contributed by atoms with Gasteiger partial charge in [0.1, 0.15) is 59.8 Å². The lowest BCUT2D eigenvalue weighted by Gasteiger charge is -2.06. The fourth-order valence-electron chi connectivity index (χ4n) is 11.4. The van der Waals surface area contributed by atoms with Crippen molar-refractivity contribution in [1.29, 1.82) is 0 Å². The smallest absolute Gasteiger partial charge is 0.416 e. The van der Waals surface area contributed by atoms with E-state index in [2.05, 4.69) is 90.9 Å². The summed E-state index contributed by atoms with van der Waals surface area (Å²) in [6.07, 6.45) is -3.00. The number of nitrogen functional groups attached to an aromatic ring is 1. The molecule has 0 aliphatic rings. The number of carbonyl (C=O) groups excluding carboxylic acids is 4. The third-order valence-corrected chi connectivity index (χ3v) is 18.8. The standard InChI is InChI=1S/C23H17F3N4O3.C17H12F3N3O3.C16H11F3N4O3.C16H10F3N3O3.C10H7F3N2O.C9H9BrO/c24-23(25,26)18-8-6-17(7-9-18)19-14-32-20(29-19)10-16-11-27-21(28-12-16)22(31)30-33-13-15-4-2-1-3-5-15;1-25-16(24)15-21-7-10(8-22-15)6-14-23-13(9-26-14)11-2-4-12(5-3-11)17(18,19)20;17-16(18,19)11-3-1-10(2-4-11)12-8-26-13(22-12)5-9-6-20-14(21-7-9)15(24)23-25;17-16(18,19)11-3-1-10(2-4-11)12-8-25-13(22-12)5-9-6-20-14(15(23)24)21-7-9;11-10(12,13)7-3-1-6(2-4-7)8-5-16-9(14)15-8;1-7-2-4-8(5-3-7)9(11)6-10/h1-9,11-12,14H,10,13H2,(H,30,31);2-5,7-9H,6H2,1H3;1-4,6-8,25H,5H2,(H,23,24);1-4,6-8H,5H2,(H,23,24);1-5H,(H2,14,15);2-5H,6H2,1H3. The average Bonchev–Trinajstić information content (AvgIpc) is 1.70. The molecule has 16 rings (SSSR count). The number of nitrogens with zero attached hydrogens (tertiary/aromatic N) is 13. The Kier molecular flexibility index (Phi) is 33.8. The number of methoxy groups -OCH3 is 1. The van der Waals surface area contributed by atoms with Gasteiger partial charge in [-0.1, -0.05) is 137 Å². The molecule has 0 aliphatic carbocycles. The molecule has 137 heavy (non-hydrogen) atoms. The molecule has 0 saturated heterocycles. The molecule has 0 radical (unpaired) electrons. The van der Waals surface area contributed by atoms with Crippen LogP contribution in [-0.4, -0.2) is 117 Å². The number of halogens is 16. The molecule has 0 unspecified atom stereocenters. The minimum Gasteiger partial charge on any atom is -0.475 e. The third-order valence-electron chi connectivity index (χ3n) is 18.3. The highest BCUT2D eigenvalue weighted by Crippen LogP contribution is 2.37. The van der Waals surface area contributed by atoms with E-state index in [1.54, 1.807) is 0 Å². The van der Waals surface area contributed by atoms with Gasteiger partial charge in [-0.05, 0) is 95.4 Å². The van der Waals surface area contributed by atoms with Crippen LogP contribution in [0.5, 0.6) is 0 Å². The summed E-state index contributed by atoms with van der Waals surface area (Å²) >= 11 is 3.12. The van der Waals surface area contributed by atoms with Gasteiger partial charge >= 0.3 is 54.6 Å². The summed E-state index contributed by atoms with van der Waals surface area (Å²) in [5.74, 6) is -2.52. The summed E-state index contributed by atoms with van der Waals surface area (Å²) in [6, 6.07) is 40.0. The molecule has 46 heteroatoms. The maximum atomic E-state index is 12.7. The van der Waals surface area contributed by atoms with Gasteiger partial charge in [-0.2, -0.15) is 70.8 Å². The first-order valence-corrected chi connectivity index (χ1v) is 40.3. The van der Waals surface area contributed by atoms with E-state index in [4.69, 9.17) is 43.0 Å². The molecule has 16 aromatic rings. The highest BCUT2D eigenvalue weighted by Gasteiger charge is 2.35. The van der Waals surface area contributed by atoms with Crippen LogP contribution in [0.3, 0.4) is 0 Å². The Morgan fingerprint density at radius 3 is 0.927 bits per heavy atom. The van der Waals surface area contributed by atoms with E-state index in [0.717, 1.165) is 71.8 Å². The topological polar surface area (TPSA) is 428 Å². The Balaban J connectivity index is 0.000000162. The van der Waals surface area contributed by atoms with Crippen molar-refractivity contribution in [1.82, 2.24) is 75.8 Å². The Hall–Kier alpha value is -16.4. The van der Waals surface area contributed by atoms with Crippen LogP contribution in [0.4, 0.5) is 71.9 Å². The number of hydrogen-bond donors (Lipinski definition) is 5. The highest BCUT2D eigenvalue weighted by atomic mass is 79.9. The molecule has 30 nitrogen and oxygen atoms in total. The average molecular weight is 1970 g/mol. The number of Topliss-reactive ketones (excluding diaryl/α,β-unsaturated/α-hetero) is 1. The molecule has 6 N–H and O–H groups in total. The van der Waals surface area contributed by atoms with Gasteiger partial charge in [-0.15, -0.1) is 0 Å². The molecule has 0 fully saturated rings. The number of hydrogen-bond acceptors (Lipinski definition) is 27. The van der Waals surface area contributed by atoms with Gasteiger partial charge in [-0.3, -0.25) is 24.4 Å². The van der Waals surface area contributed by atoms with Crippen molar-refractivity contribution in [3.8, 4) is 56.3 Å². The van der Waals surface area contributed by atoms with Gasteiger partial charge in [0.2, 0.25) is 23.3 Å². The first kappa shape index (κ1) is 101. The number of oxazole rings is 5. The van der Waals surface area contributed by atoms with Gasteiger partial charge in [0.25, 0.3) is 6.01 Å². The van der Waals surface area contributed by atoms with Crippen molar-refractivity contribution in [2.75, 3.05) is 18.2 Å². The number of aryl methyl sites for hydroxylation is 1. The van der Waals surface area contributed by atoms with E-state index in [1.807, 2.05) is 61.5 Å². The van der Waals surface area contributed by atoms with Crippen molar-refractivity contribution in [2.45, 2.75) is 70.1 Å². The van der Waals surface area contributed by atoms with E-state index >= 15 is 0 Å². The number of benzene rings is 7. The second-order valence-corrected chi connectivity index (χ2v) is 28.7. The number of aromatic carboxylic acids is 1. The largest absolute Gasteiger partial charge is 0.475 e. The summed E-state index contributed by atoms with van der Waals surface area (Å²) in [5.41, 5.74) is 15.2. The van der Waals surface area contributed by atoms with Gasteiger partial charge in [-0.25, -0.2) is 80.4 Å². The zero-order chi connectivity index (χ0) is 98.8. The number of ether oxygens (including phenoxy) is 1. The highest BCUT2D eigenvalue weighted by molar-refractivity contribution is 9.09. The number of rotatable bonds is 22. The van der Waals surface area contributed by atoms with Gasteiger partial charge in [0, 0.05) is 83.0 Å². The predicted molar refractivity (Wildman–Crippen MR) is 454 cm³/mol. The van der Waals surface area contributed by atoms with Crippen LogP contribution in [0, 0.1) is 6.92 Å². The SMILES string of the molecule is COC(=O)c1ncc(Cc2nc(-c3ccc(C(F)(F)F)cc3)co2)cn1.Cc1ccc(C(=O)CBr)cc1.Nc1nc(-c2ccc(C(F)(F)F)cc2)co1.O=C(NO)c1ncc(Cc2nc(-c3ccc(C(F)(F)F)cc3)co2)cn1.O=C(NOCc1ccccc1)c1ncc(Cc2nc(-c3ccc(C(F)(F)F)cc3)co2)cn1.O=C(O)c1ncc(Cc2nc(-c3ccc(C(F)(F)F)cc3)co2)cn1. The number of carbonyl (C=O) groups is 5. The number of ketones is 1.